The lowest BCUT2D eigenvalue weighted by Gasteiger charge is -1.76. The SMILES string of the molecule is C=CB(F)C=C. The zero-order chi connectivity index (χ0) is 4.99. The average molecular weight is 83.9 g/mol. The Morgan fingerprint density at radius 1 is 1.33 bits per heavy atom. The molecule has 0 rings (SSSR count). The van der Waals surface area contributed by atoms with Gasteiger partial charge in [-0.3, -0.25) is 0 Å². The van der Waals surface area contributed by atoms with E-state index in [2.05, 4.69) is 13.2 Å². The lowest BCUT2D eigenvalue weighted by Crippen LogP contribution is -1.91. The standard InChI is InChI=1S/C4H6BF/c1-3-5(6)4-2/h3-4H,1-2H2. The molecule has 0 fully saturated rings. The molecule has 32 valence electrons. The van der Waals surface area contributed by atoms with Gasteiger partial charge in [0.1, 0.15) is 0 Å². The van der Waals surface area contributed by atoms with Crippen LogP contribution in [-0.4, -0.2) is 6.99 Å². The summed E-state index contributed by atoms with van der Waals surface area (Å²) in [5.41, 5.74) is 0. The van der Waals surface area contributed by atoms with Crippen LogP contribution in [0.1, 0.15) is 0 Å². The van der Waals surface area contributed by atoms with E-state index in [9.17, 15) is 4.32 Å². The molecule has 0 saturated heterocycles. The summed E-state index contributed by atoms with van der Waals surface area (Å²) in [5.74, 6) is 2.38. The number of hydrogen-bond donors (Lipinski definition) is 0. The maximum Gasteiger partial charge on any atom is 0.397 e. The summed E-state index contributed by atoms with van der Waals surface area (Å²) in [6.07, 6.45) is 0. The molecule has 0 amide bonds. The van der Waals surface area contributed by atoms with Crippen LogP contribution in [0.2, 0.25) is 0 Å². The fourth-order valence-corrected chi connectivity index (χ4v) is 0.0962. The van der Waals surface area contributed by atoms with E-state index in [1.54, 1.807) is 0 Å². The summed E-state index contributed by atoms with van der Waals surface area (Å²) >= 11 is 0. The Bertz CT molecular complexity index is 52.6. The second kappa shape index (κ2) is 2.70. The molecular weight excluding hydrogens is 77.9 g/mol. The molecule has 0 N–H and O–H groups in total. The molecule has 0 aromatic heterocycles. The predicted molar refractivity (Wildman–Crippen MR) is 27.3 cm³/mol. The van der Waals surface area contributed by atoms with Crippen LogP contribution in [0, 0.1) is 0 Å². The molecule has 0 saturated carbocycles. The van der Waals surface area contributed by atoms with Crippen molar-refractivity contribution in [1.29, 1.82) is 0 Å². The molecule has 0 aromatic rings. The highest BCUT2D eigenvalue weighted by molar-refractivity contribution is 6.62. The first-order valence-electron chi connectivity index (χ1n) is 1.70. The summed E-state index contributed by atoms with van der Waals surface area (Å²) in [6.45, 7) is 5.33. The van der Waals surface area contributed by atoms with E-state index in [1.807, 2.05) is 0 Å². The van der Waals surface area contributed by atoms with Crippen molar-refractivity contribution in [3.8, 4) is 0 Å². The predicted octanol–water partition coefficient (Wildman–Crippen LogP) is 1.40. The third-order valence-electron chi connectivity index (χ3n) is 0.450. The second-order valence-corrected chi connectivity index (χ2v) is 0.916. The van der Waals surface area contributed by atoms with Crippen molar-refractivity contribution in [2.75, 3.05) is 0 Å². The van der Waals surface area contributed by atoms with Gasteiger partial charge in [-0.25, -0.2) is 0 Å². The van der Waals surface area contributed by atoms with Gasteiger partial charge in [-0.2, -0.15) is 0 Å². The van der Waals surface area contributed by atoms with Gasteiger partial charge in [0.15, 0.2) is 0 Å². The minimum atomic E-state index is -1.04. The third-order valence-corrected chi connectivity index (χ3v) is 0.450. The van der Waals surface area contributed by atoms with E-state index in [0.29, 0.717) is 0 Å². The maximum absolute atomic E-state index is 11.6. The normalized spacial score (nSPS) is 6.83. The lowest BCUT2D eigenvalue weighted by molar-refractivity contribution is 0.863. The molecule has 0 spiro atoms. The van der Waals surface area contributed by atoms with Crippen LogP contribution in [0.3, 0.4) is 0 Å². The number of hydrogen-bond acceptors (Lipinski definition) is 0. The molecule has 6 heavy (non-hydrogen) atoms. The molecule has 0 aromatic carbocycles. The zero-order valence-electron chi connectivity index (χ0n) is 3.52. The molecule has 2 heteroatoms. The highest BCUT2D eigenvalue weighted by Crippen LogP contribution is 1.81. The highest BCUT2D eigenvalue weighted by Gasteiger charge is 1.95. The van der Waals surface area contributed by atoms with Gasteiger partial charge in [0.2, 0.25) is 0 Å². The Morgan fingerprint density at radius 3 is 1.67 bits per heavy atom. The van der Waals surface area contributed by atoms with Gasteiger partial charge < -0.3 is 4.32 Å². The van der Waals surface area contributed by atoms with Crippen molar-refractivity contribution in [3.05, 3.63) is 25.1 Å². The van der Waals surface area contributed by atoms with Gasteiger partial charge in [0.25, 0.3) is 0 Å². The Hall–Kier alpha value is -0.525. The van der Waals surface area contributed by atoms with Gasteiger partial charge in [-0.15, -0.1) is 13.2 Å². The van der Waals surface area contributed by atoms with Crippen LogP contribution in [0.25, 0.3) is 0 Å². The quantitative estimate of drug-likeness (QED) is 0.443. The molecule has 0 aliphatic rings. The molecular formula is C4H6BF. The fourth-order valence-electron chi connectivity index (χ4n) is 0.0962. The first-order valence-corrected chi connectivity index (χ1v) is 1.70. The number of rotatable bonds is 2. The van der Waals surface area contributed by atoms with Crippen molar-refractivity contribution in [1.82, 2.24) is 0 Å². The molecule has 0 unspecified atom stereocenters. The van der Waals surface area contributed by atoms with Crippen LogP contribution in [-0.2, 0) is 0 Å². The molecule has 0 heterocycles. The highest BCUT2D eigenvalue weighted by atomic mass is 19.1. The molecule has 0 radical (unpaired) electrons. The minimum Gasteiger partial charge on any atom is -0.324 e. The van der Waals surface area contributed by atoms with Crippen molar-refractivity contribution >= 4 is 6.99 Å². The van der Waals surface area contributed by atoms with Crippen LogP contribution in [0.15, 0.2) is 25.1 Å². The third kappa shape index (κ3) is 1.76. The summed E-state index contributed by atoms with van der Waals surface area (Å²) < 4.78 is 11.6. The van der Waals surface area contributed by atoms with E-state index in [-0.39, 0.29) is 0 Å². The van der Waals surface area contributed by atoms with Crippen LogP contribution < -0.4 is 0 Å². The van der Waals surface area contributed by atoms with Crippen LogP contribution in [0.4, 0.5) is 4.32 Å². The van der Waals surface area contributed by atoms with E-state index in [4.69, 9.17) is 0 Å². The fraction of sp³-hybridized carbons (Fsp3) is 0. The Labute approximate surface area is 37.5 Å². The molecule has 0 bridgehead atoms. The van der Waals surface area contributed by atoms with Gasteiger partial charge >= 0.3 is 6.99 Å². The minimum absolute atomic E-state index is 1.04. The lowest BCUT2D eigenvalue weighted by atomic mass is 9.73. The Kier molecular flexibility index (Phi) is 2.46. The van der Waals surface area contributed by atoms with Gasteiger partial charge in [-0.05, 0) is 0 Å². The van der Waals surface area contributed by atoms with Gasteiger partial charge in [0, 0.05) is 0 Å². The van der Waals surface area contributed by atoms with E-state index in [1.165, 1.54) is 12.0 Å². The van der Waals surface area contributed by atoms with Crippen molar-refractivity contribution in [3.63, 3.8) is 0 Å². The summed E-state index contributed by atoms with van der Waals surface area (Å²) in [6, 6.07) is 0. The topological polar surface area (TPSA) is 0 Å². The maximum atomic E-state index is 11.6. The molecule has 0 aliphatic carbocycles. The van der Waals surface area contributed by atoms with Crippen molar-refractivity contribution in [2.24, 2.45) is 0 Å². The molecule has 0 aliphatic heterocycles. The summed E-state index contributed by atoms with van der Waals surface area (Å²) in [4.78, 5) is 0. The van der Waals surface area contributed by atoms with Gasteiger partial charge in [-0.1, -0.05) is 12.0 Å². The first kappa shape index (κ1) is 5.47. The van der Waals surface area contributed by atoms with E-state index < -0.39 is 6.99 Å². The first-order chi connectivity index (χ1) is 2.81. The summed E-state index contributed by atoms with van der Waals surface area (Å²) in [7, 11) is 0. The van der Waals surface area contributed by atoms with E-state index in [0.717, 1.165) is 0 Å². The Balaban J connectivity index is 3.21. The van der Waals surface area contributed by atoms with Crippen molar-refractivity contribution < 1.29 is 4.32 Å². The zero-order valence-corrected chi connectivity index (χ0v) is 3.52. The molecule has 0 nitrogen and oxygen atoms in total. The van der Waals surface area contributed by atoms with Crippen LogP contribution >= 0.6 is 0 Å². The number of halogens is 1. The van der Waals surface area contributed by atoms with Gasteiger partial charge in [0.05, 0.1) is 0 Å². The second-order valence-electron chi connectivity index (χ2n) is 0.916. The van der Waals surface area contributed by atoms with Crippen molar-refractivity contribution in [2.45, 2.75) is 0 Å². The largest absolute Gasteiger partial charge is 0.397 e. The summed E-state index contributed by atoms with van der Waals surface area (Å²) in [5, 5.41) is 0. The Morgan fingerprint density at radius 2 is 1.67 bits per heavy atom. The monoisotopic (exact) mass is 84.1 g/mol. The smallest absolute Gasteiger partial charge is 0.324 e. The van der Waals surface area contributed by atoms with Crippen LogP contribution in [0.5, 0.6) is 0 Å². The van der Waals surface area contributed by atoms with E-state index >= 15 is 0 Å². The molecule has 0 atom stereocenters. The average Bonchev–Trinajstić information content (AvgIpc) is 1.65.